The molecule has 0 radical (unpaired) electrons. The van der Waals surface area contributed by atoms with Crippen LogP contribution in [0.1, 0.15) is 46.5 Å². The molecule has 2 atom stereocenters. The van der Waals surface area contributed by atoms with Gasteiger partial charge in [0.2, 0.25) is 11.8 Å². The lowest BCUT2D eigenvalue weighted by Gasteiger charge is -2.39. The average Bonchev–Trinajstić information content (AvgIpc) is 3.23. The molecule has 2 unspecified atom stereocenters. The van der Waals surface area contributed by atoms with E-state index in [1.54, 1.807) is 4.90 Å². The fraction of sp³-hybridized carbons (Fsp3) is 0.875. The van der Waals surface area contributed by atoms with Gasteiger partial charge in [-0.3, -0.25) is 9.59 Å². The van der Waals surface area contributed by atoms with Crippen LogP contribution in [0.2, 0.25) is 0 Å². The largest absolute Gasteiger partial charge is 0.379 e. The van der Waals surface area contributed by atoms with Crippen LogP contribution in [-0.2, 0) is 14.3 Å². The maximum atomic E-state index is 12.6. The Balaban J connectivity index is 1.90. The molecule has 120 valence electrons. The van der Waals surface area contributed by atoms with Gasteiger partial charge in [-0.2, -0.15) is 0 Å². The molecule has 5 nitrogen and oxygen atoms in total. The molecule has 2 aliphatic rings. The molecule has 0 bridgehead atoms. The van der Waals surface area contributed by atoms with E-state index in [-0.39, 0.29) is 23.9 Å². The van der Waals surface area contributed by atoms with Crippen LogP contribution in [0.25, 0.3) is 0 Å². The SMILES string of the molecule is CCC1C(=O)NC(CC(C)C)C(=O)N1CCOCC1CC1. The highest BCUT2D eigenvalue weighted by Crippen LogP contribution is 2.28. The van der Waals surface area contributed by atoms with E-state index in [4.69, 9.17) is 4.74 Å². The zero-order valence-corrected chi connectivity index (χ0v) is 13.4. The van der Waals surface area contributed by atoms with Crippen molar-refractivity contribution in [3.63, 3.8) is 0 Å². The fourth-order valence-corrected chi connectivity index (χ4v) is 2.83. The standard InChI is InChI=1S/C16H28N2O3/c1-4-14-15(19)17-13(9-11(2)3)16(20)18(14)7-8-21-10-12-5-6-12/h11-14H,4-10H2,1-3H3,(H,17,19). The van der Waals surface area contributed by atoms with Gasteiger partial charge in [0, 0.05) is 13.2 Å². The second kappa shape index (κ2) is 7.25. The maximum Gasteiger partial charge on any atom is 0.245 e. The van der Waals surface area contributed by atoms with Crippen LogP contribution in [0.15, 0.2) is 0 Å². The topological polar surface area (TPSA) is 58.6 Å². The van der Waals surface area contributed by atoms with Crippen molar-refractivity contribution in [2.45, 2.75) is 58.5 Å². The van der Waals surface area contributed by atoms with Crippen LogP contribution in [0, 0.1) is 11.8 Å². The monoisotopic (exact) mass is 296 g/mol. The van der Waals surface area contributed by atoms with Gasteiger partial charge < -0.3 is 15.0 Å². The van der Waals surface area contributed by atoms with E-state index in [0.29, 0.717) is 31.9 Å². The molecule has 1 aliphatic heterocycles. The Morgan fingerprint density at radius 1 is 1.33 bits per heavy atom. The molecule has 1 N–H and O–H groups in total. The number of carbonyl (C=O) groups is 2. The van der Waals surface area contributed by atoms with E-state index in [1.165, 1.54) is 12.8 Å². The van der Waals surface area contributed by atoms with Gasteiger partial charge in [0.25, 0.3) is 0 Å². The number of ether oxygens (including phenoxy) is 1. The van der Waals surface area contributed by atoms with Crippen LogP contribution in [-0.4, -0.2) is 48.6 Å². The Kier molecular flexibility index (Phi) is 5.62. The summed E-state index contributed by atoms with van der Waals surface area (Å²) in [6.07, 6.45) is 3.87. The van der Waals surface area contributed by atoms with E-state index >= 15 is 0 Å². The van der Waals surface area contributed by atoms with E-state index in [2.05, 4.69) is 19.2 Å². The second-order valence-corrected chi connectivity index (χ2v) is 6.66. The lowest BCUT2D eigenvalue weighted by Crippen LogP contribution is -2.63. The minimum absolute atomic E-state index is 0.0232. The lowest BCUT2D eigenvalue weighted by atomic mass is 9.98. The lowest BCUT2D eigenvalue weighted by molar-refractivity contribution is -0.150. The Morgan fingerprint density at radius 3 is 2.62 bits per heavy atom. The quantitative estimate of drug-likeness (QED) is 0.692. The molecule has 0 aromatic carbocycles. The molecule has 2 rings (SSSR count). The first-order chi connectivity index (χ1) is 10.0. The summed E-state index contributed by atoms with van der Waals surface area (Å²) in [5.74, 6) is 1.13. The molecule has 1 aliphatic carbocycles. The smallest absolute Gasteiger partial charge is 0.245 e. The van der Waals surface area contributed by atoms with Crippen molar-refractivity contribution in [1.82, 2.24) is 10.2 Å². The molecule has 2 amide bonds. The third-order valence-electron chi connectivity index (χ3n) is 4.20. The maximum absolute atomic E-state index is 12.6. The van der Waals surface area contributed by atoms with Gasteiger partial charge in [-0.05, 0) is 37.5 Å². The molecule has 1 heterocycles. The van der Waals surface area contributed by atoms with Crippen LogP contribution in [0.3, 0.4) is 0 Å². The zero-order chi connectivity index (χ0) is 15.4. The Labute approximate surface area is 127 Å². The van der Waals surface area contributed by atoms with E-state index in [0.717, 1.165) is 12.5 Å². The minimum atomic E-state index is -0.372. The van der Waals surface area contributed by atoms with Gasteiger partial charge >= 0.3 is 0 Å². The number of carbonyl (C=O) groups excluding carboxylic acids is 2. The predicted octanol–water partition coefficient (Wildman–Crippen LogP) is 1.56. The first-order valence-corrected chi connectivity index (χ1v) is 8.21. The van der Waals surface area contributed by atoms with Crippen molar-refractivity contribution in [2.24, 2.45) is 11.8 Å². The molecular formula is C16H28N2O3. The summed E-state index contributed by atoms with van der Waals surface area (Å²) in [7, 11) is 0. The first-order valence-electron chi connectivity index (χ1n) is 8.21. The number of hydrogen-bond donors (Lipinski definition) is 1. The summed E-state index contributed by atoms with van der Waals surface area (Å²) in [6, 6.07) is -0.714. The van der Waals surface area contributed by atoms with Gasteiger partial charge in [-0.1, -0.05) is 20.8 Å². The normalized spacial score (nSPS) is 26.4. The van der Waals surface area contributed by atoms with Gasteiger partial charge in [-0.25, -0.2) is 0 Å². The average molecular weight is 296 g/mol. The third-order valence-corrected chi connectivity index (χ3v) is 4.20. The van der Waals surface area contributed by atoms with Crippen molar-refractivity contribution in [1.29, 1.82) is 0 Å². The number of nitrogens with zero attached hydrogens (tertiary/aromatic N) is 1. The number of rotatable bonds is 8. The van der Waals surface area contributed by atoms with Gasteiger partial charge in [0.1, 0.15) is 12.1 Å². The van der Waals surface area contributed by atoms with Crippen LogP contribution in [0.5, 0.6) is 0 Å². The van der Waals surface area contributed by atoms with E-state index in [1.807, 2.05) is 6.92 Å². The third kappa shape index (κ3) is 4.43. The molecule has 0 aromatic heterocycles. The number of piperazine rings is 1. The predicted molar refractivity (Wildman–Crippen MR) is 80.7 cm³/mol. The van der Waals surface area contributed by atoms with Gasteiger partial charge in [0.05, 0.1) is 6.61 Å². The zero-order valence-electron chi connectivity index (χ0n) is 13.4. The minimum Gasteiger partial charge on any atom is -0.379 e. The summed E-state index contributed by atoms with van der Waals surface area (Å²) in [5, 5.41) is 2.88. The van der Waals surface area contributed by atoms with Crippen molar-refractivity contribution < 1.29 is 14.3 Å². The summed E-state index contributed by atoms with van der Waals surface area (Å²) in [6.45, 7) is 7.91. The van der Waals surface area contributed by atoms with Crippen LogP contribution in [0.4, 0.5) is 0 Å². The molecule has 1 saturated heterocycles. The van der Waals surface area contributed by atoms with Crippen molar-refractivity contribution in [3.05, 3.63) is 0 Å². The van der Waals surface area contributed by atoms with Crippen LogP contribution >= 0.6 is 0 Å². The molecule has 0 spiro atoms. The molecule has 1 saturated carbocycles. The molecule has 5 heteroatoms. The van der Waals surface area contributed by atoms with E-state index in [9.17, 15) is 9.59 Å². The summed E-state index contributed by atoms with van der Waals surface area (Å²) in [4.78, 5) is 26.5. The van der Waals surface area contributed by atoms with E-state index < -0.39 is 0 Å². The molecule has 21 heavy (non-hydrogen) atoms. The van der Waals surface area contributed by atoms with Gasteiger partial charge in [-0.15, -0.1) is 0 Å². The van der Waals surface area contributed by atoms with Crippen molar-refractivity contribution in [2.75, 3.05) is 19.8 Å². The highest BCUT2D eigenvalue weighted by Gasteiger charge is 2.39. The summed E-state index contributed by atoms with van der Waals surface area (Å²) < 4.78 is 5.63. The Morgan fingerprint density at radius 2 is 2.05 bits per heavy atom. The fourth-order valence-electron chi connectivity index (χ4n) is 2.83. The van der Waals surface area contributed by atoms with Crippen molar-refractivity contribution in [3.8, 4) is 0 Å². The number of amides is 2. The highest BCUT2D eigenvalue weighted by molar-refractivity contribution is 5.96. The molecular weight excluding hydrogens is 268 g/mol. The van der Waals surface area contributed by atoms with Crippen molar-refractivity contribution >= 4 is 11.8 Å². The van der Waals surface area contributed by atoms with Crippen LogP contribution < -0.4 is 5.32 Å². The second-order valence-electron chi connectivity index (χ2n) is 6.66. The Bertz CT molecular complexity index is 380. The molecule has 2 fully saturated rings. The Hall–Kier alpha value is -1.10. The summed E-state index contributed by atoms with van der Waals surface area (Å²) >= 11 is 0. The summed E-state index contributed by atoms with van der Waals surface area (Å²) in [5.41, 5.74) is 0. The van der Waals surface area contributed by atoms with Gasteiger partial charge in [0.15, 0.2) is 0 Å². The first kappa shape index (κ1) is 16.3. The number of hydrogen-bond acceptors (Lipinski definition) is 3. The highest BCUT2D eigenvalue weighted by atomic mass is 16.5. The molecule has 0 aromatic rings. The number of nitrogens with one attached hydrogen (secondary N) is 1.